The fourth-order valence-corrected chi connectivity index (χ4v) is 3.29. The molecule has 0 fully saturated rings. The van der Waals surface area contributed by atoms with Crippen LogP contribution in [0.15, 0.2) is 42.6 Å². The average molecular weight is 481 g/mol. The zero-order valence-electron chi connectivity index (χ0n) is 17.9. The molecule has 0 aliphatic heterocycles. The molecule has 0 atom stereocenters. The molecule has 3 aromatic rings. The molecule has 0 saturated carbocycles. The smallest absolute Gasteiger partial charge is 0.435 e. The van der Waals surface area contributed by atoms with Crippen LogP contribution < -0.4 is 4.90 Å². The number of imide groups is 1. The zero-order valence-corrected chi connectivity index (χ0v) is 17.9. The van der Waals surface area contributed by atoms with Crippen LogP contribution in [0, 0.1) is 11.6 Å². The molecule has 1 aromatic heterocycles. The summed E-state index contributed by atoms with van der Waals surface area (Å²) in [6, 6.07) is 5.86. The molecule has 0 aliphatic rings. The zero-order chi connectivity index (χ0) is 25.4. The number of benzene rings is 2. The Morgan fingerprint density at radius 3 is 2.26 bits per heavy atom. The number of aryl methyl sites for hydroxylation is 1. The summed E-state index contributed by atoms with van der Waals surface area (Å²) in [6.45, 7) is 0.926. The summed E-state index contributed by atoms with van der Waals surface area (Å²) in [5, 5.41) is 3.26. The molecule has 0 spiro atoms. The van der Waals surface area contributed by atoms with Crippen LogP contribution in [0.25, 0.3) is 11.1 Å². The maximum Gasteiger partial charge on any atom is 0.435 e. The molecule has 12 heteroatoms. The van der Waals surface area contributed by atoms with E-state index in [1.54, 1.807) is 0 Å². The van der Waals surface area contributed by atoms with E-state index in [2.05, 4.69) is 9.84 Å². The molecule has 34 heavy (non-hydrogen) atoms. The first-order valence-corrected chi connectivity index (χ1v) is 9.48. The van der Waals surface area contributed by atoms with Crippen LogP contribution in [0.4, 0.5) is 27.6 Å². The Labute approximate surface area is 189 Å². The van der Waals surface area contributed by atoms with E-state index in [1.165, 1.54) is 13.1 Å². The first-order chi connectivity index (χ1) is 15.8. The van der Waals surface area contributed by atoms with E-state index in [1.807, 2.05) is 0 Å². The number of rotatable bonds is 4. The van der Waals surface area contributed by atoms with Gasteiger partial charge in [-0.25, -0.2) is 18.5 Å². The number of nitrogens with zero attached hydrogens (tertiary/aromatic N) is 3. The van der Waals surface area contributed by atoms with Crippen molar-refractivity contribution >= 4 is 23.5 Å². The van der Waals surface area contributed by atoms with Gasteiger partial charge in [0.15, 0.2) is 5.69 Å². The third-order valence-corrected chi connectivity index (χ3v) is 4.73. The fourth-order valence-electron chi connectivity index (χ4n) is 3.29. The second-order valence-electron chi connectivity index (χ2n) is 7.07. The van der Waals surface area contributed by atoms with Crippen molar-refractivity contribution in [2.24, 2.45) is 7.05 Å². The van der Waals surface area contributed by atoms with Crippen LogP contribution in [0.5, 0.6) is 0 Å². The molecule has 3 rings (SSSR count). The molecule has 0 aliphatic carbocycles. The van der Waals surface area contributed by atoms with Crippen molar-refractivity contribution in [2.45, 2.75) is 13.1 Å². The minimum atomic E-state index is -4.99. The highest BCUT2D eigenvalue weighted by molar-refractivity contribution is 6.22. The van der Waals surface area contributed by atoms with Gasteiger partial charge in [-0.05, 0) is 35.9 Å². The predicted octanol–water partition coefficient (Wildman–Crippen LogP) is 4.36. The molecule has 7 nitrogen and oxygen atoms in total. The predicted molar refractivity (Wildman–Crippen MR) is 109 cm³/mol. The van der Waals surface area contributed by atoms with E-state index in [9.17, 15) is 36.3 Å². The molecule has 2 aromatic carbocycles. The molecule has 0 radical (unpaired) electrons. The molecular formula is C22H16F5N3O4. The number of hydrogen-bond donors (Lipinski definition) is 0. The van der Waals surface area contributed by atoms with Gasteiger partial charge in [0.1, 0.15) is 11.6 Å². The normalized spacial score (nSPS) is 11.3. The Hall–Kier alpha value is -4.09. The summed E-state index contributed by atoms with van der Waals surface area (Å²) < 4.78 is 74.0. The lowest BCUT2D eigenvalue weighted by molar-refractivity contribution is -0.141. The molecular weight excluding hydrogens is 465 g/mol. The Kier molecular flexibility index (Phi) is 6.53. The summed E-state index contributed by atoms with van der Waals surface area (Å²) in [7, 11) is 2.21. The number of carbonyl (C=O) groups excluding carboxylic acids is 3. The SMILES string of the molecule is COC(=O)c1ccc(-c2cc(F)ccc2N(C(C)=O)C(=O)c2cn(C)nc2C(F)(F)F)cc1F. The highest BCUT2D eigenvalue weighted by atomic mass is 19.4. The highest BCUT2D eigenvalue weighted by Gasteiger charge is 2.41. The van der Waals surface area contributed by atoms with Crippen molar-refractivity contribution in [3.63, 3.8) is 0 Å². The lowest BCUT2D eigenvalue weighted by atomic mass is 10.00. The van der Waals surface area contributed by atoms with Gasteiger partial charge in [0.05, 0.1) is 23.9 Å². The minimum absolute atomic E-state index is 0.0547. The van der Waals surface area contributed by atoms with Gasteiger partial charge in [0, 0.05) is 25.7 Å². The number of carbonyl (C=O) groups is 3. The fraction of sp³-hybridized carbons (Fsp3) is 0.182. The van der Waals surface area contributed by atoms with Crippen LogP contribution in [0.3, 0.4) is 0 Å². The van der Waals surface area contributed by atoms with Gasteiger partial charge in [-0.1, -0.05) is 6.07 Å². The van der Waals surface area contributed by atoms with Gasteiger partial charge in [0.25, 0.3) is 5.91 Å². The van der Waals surface area contributed by atoms with Crippen LogP contribution in [-0.4, -0.2) is 34.7 Å². The number of amides is 2. The van der Waals surface area contributed by atoms with Crippen LogP contribution in [0.1, 0.15) is 33.3 Å². The molecule has 1 heterocycles. The Morgan fingerprint density at radius 2 is 1.71 bits per heavy atom. The molecule has 0 unspecified atom stereocenters. The van der Waals surface area contributed by atoms with Crippen LogP contribution in [0.2, 0.25) is 0 Å². The van der Waals surface area contributed by atoms with Gasteiger partial charge in [0.2, 0.25) is 5.91 Å². The van der Waals surface area contributed by atoms with E-state index in [0.29, 0.717) is 4.90 Å². The number of esters is 1. The quantitative estimate of drug-likeness (QED) is 0.409. The monoisotopic (exact) mass is 481 g/mol. The van der Waals surface area contributed by atoms with Crippen LogP contribution >= 0.6 is 0 Å². The second kappa shape index (κ2) is 9.04. The lowest BCUT2D eigenvalue weighted by Gasteiger charge is -2.23. The number of methoxy groups -OCH3 is 1. The van der Waals surface area contributed by atoms with Gasteiger partial charge >= 0.3 is 12.1 Å². The first-order valence-electron chi connectivity index (χ1n) is 9.48. The Morgan fingerprint density at radius 1 is 1.03 bits per heavy atom. The van der Waals surface area contributed by atoms with Gasteiger partial charge in [-0.15, -0.1) is 0 Å². The third-order valence-electron chi connectivity index (χ3n) is 4.73. The summed E-state index contributed by atoms with van der Waals surface area (Å²) in [5.74, 6) is -5.19. The van der Waals surface area contributed by atoms with E-state index in [-0.39, 0.29) is 16.8 Å². The average Bonchev–Trinajstić information content (AvgIpc) is 3.16. The molecule has 178 valence electrons. The minimum Gasteiger partial charge on any atom is -0.465 e. The van der Waals surface area contributed by atoms with Crippen molar-refractivity contribution in [3.05, 3.63) is 71.1 Å². The molecule has 0 saturated heterocycles. The molecule has 0 N–H and O–H groups in total. The second-order valence-corrected chi connectivity index (χ2v) is 7.07. The summed E-state index contributed by atoms with van der Waals surface area (Å²) in [6.07, 6.45) is -4.19. The summed E-state index contributed by atoms with van der Waals surface area (Å²) in [5.41, 5.74) is -3.39. The number of halogens is 5. The van der Waals surface area contributed by atoms with Gasteiger partial charge in [-0.2, -0.15) is 18.3 Å². The van der Waals surface area contributed by atoms with Crippen molar-refractivity contribution < 1.29 is 41.1 Å². The standard InChI is InChI=1S/C22H16F5N3O4/c1-11(31)30(20(32)16-10-29(2)28-19(16)22(25,26)27)18-7-5-13(23)9-15(18)12-4-6-14(17(24)8-12)21(33)34-3/h4-10H,1-3H3. The first kappa shape index (κ1) is 24.6. The summed E-state index contributed by atoms with van der Waals surface area (Å²) in [4.78, 5) is 37.6. The number of hydrogen-bond acceptors (Lipinski definition) is 5. The third kappa shape index (κ3) is 4.65. The Balaban J connectivity index is 2.19. The summed E-state index contributed by atoms with van der Waals surface area (Å²) >= 11 is 0. The van der Waals surface area contributed by atoms with E-state index in [0.717, 1.165) is 55.2 Å². The van der Waals surface area contributed by atoms with Crippen molar-refractivity contribution in [2.75, 3.05) is 12.0 Å². The van der Waals surface area contributed by atoms with Gasteiger partial charge in [-0.3, -0.25) is 14.3 Å². The van der Waals surface area contributed by atoms with E-state index in [4.69, 9.17) is 0 Å². The highest BCUT2D eigenvalue weighted by Crippen LogP contribution is 2.36. The maximum atomic E-state index is 14.5. The lowest BCUT2D eigenvalue weighted by Crippen LogP contribution is -2.36. The number of alkyl halides is 3. The van der Waals surface area contributed by atoms with E-state index >= 15 is 0 Å². The van der Waals surface area contributed by atoms with Crippen molar-refractivity contribution in [1.82, 2.24) is 9.78 Å². The van der Waals surface area contributed by atoms with Gasteiger partial charge < -0.3 is 4.74 Å². The topological polar surface area (TPSA) is 81.5 Å². The van der Waals surface area contributed by atoms with E-state index < -0.39 is 52.4 Å². The van der Waals surface area contributed by atoms with Crippen molar-refractivity contribution in [1.29, 1.82) is 0 Å². The maximum absolute atomic E-state index is 14.5. The number of ether oxygens (including phenoxy) is 1. The van der Waals surface area contributed by atoms with Crippen LogP contribution in [-0.2, 0) is 22.8 Å². The van der Waals surface area contributed by atoms with Crippen molar-refractivity contribution in [3.8, 4) is 11.1 Å². The number of anilines is 1. The molecule has 2 amide bonds. The largest absolute Gasteiger partial charge is 0.465 e. The molecule has 0 bridgehead atoms. The number of aromatic nitrogens is 2. The Bertz CT molecular complexity index is 1300.